The molecule has 3 rings (SSSR count). The number of nitrogens with zero attached hydrogens (tertiary/aromatic N) is 2. The van der Waals surface area contributed by atoms with Gasteiger partial charge in [0.2, 0.25) is 0 Å². The van der Waals surface area contributed by atoms with Crippen molar-refractivity contribution in [1.29, 1.82) is 0 Å². The van der Waals surface area contributed by atoms with Gasteiger partial charge in [-0.2, -0.15) is 0 Å². The Morgan fingerprint density at radius 1 is 1.46 bits per heavy atom. The summed E-state index contributed by atoms with van der Waals surface area (Å²) in [5.74, 6) is -0.217. The van der Waals surface area contributed by atoms with Crippen LogP contribution in [0.25, 0.3) is 20.7 Å². The minimum atomic E-state index is -0.324. The summed E-state index contributed by atoms with van der Waals surface area (Å²) in [4.78, 5) is 31.3. The van der Waals surface area contributed by atoms with Crippen LogP contribution in [0.2, 0.25) is 0 Å². The molecule has 0 fully saturated rings. The van der Waals surface area contributed by atoms with Crippen molar-refractivity contribution in [3.63, 3.8) is 0 Å². The zero-order chi connectivity index (χ0) is 18.7. The molecule has 0 aromatic carbocycles. The average Bonchev–Trinajstić information content (AvgIpc) is 3.24. The molecule has 136 valence electrons. The molecule has 0 aliphatic carbocycles. The van der Waals surface area contributed by atoms with Gasteiger partial charge in [-0.15, -0.1) is 29.3 Å². The fourth-order valence-electron chi connectivity index (χ4n) is 2.44. The molecule has 0 atom stereocenters. The Balaban J connectivity index is 2.02. The predicted octanol–water partition coefficient (Wildman–Crippen LogP) is 4.42. The smallest absolute Gasteiger partial charge is 0.316 e. The number of rotatable bonds is 7. The van der Waals surface area contributed by atoms with Crippen LogP contribution in [0.15, 0.2) is 45.5 Å². The van der Waals surface area contributed by atoms with Crippen LogP contribution in [-0.2, 0) is 16.1 Å². The number of thiophene rings is 2. The summed E-state index contributed by atoms with van der Waals surface area (Å²) < 4.78 is 6.71. The molecular formula is C18H18N2O3S3. The van der Waals surface area contributed by atoms with Crippen molar-refractivity contribution in [2.24, 2.45) is 0 Å². The Kier molecular flexibility index (Phi) is 5.95. The Bertz CT molecular complexity index is 987. The molecule has 0 spiro atoms. The van der Waals surface area contributed by atoms with Gasteiger partial charge < -0.3 is 4.74 Å². The van der Waals surface area contributed by atoms with Crippen LogP contribution in [0.1, 0.15) is 13.8 Å². The lowest BCUT2D eigenvalue weighted by Crippen LogP contribution is -2.23. The molecule has 0 amide bonds. The highest BCUT2D eigenvalue weighted by molar-refractivity contribution is 7.99. The lowest BCUT2D eigenvalue weighted by atomic mass is 10.2. The number of fused-ring (bicyclic) bond motifs is 1. The average molecular weight is 407 g/mol. The summed E-state index contributed by atoms with van der Waals surface area (Å²) in [6.07, 6.45) is 1.49. The standard InChI is InChI=1S/C18H18N2O3S3/c1-4-7-20-17(22)15-12(13-6-5-8-24-13)9-25-16(15)19-18(20)26-10-14(21)23-11(2)3/h4-6,8-9,11H,1,7,10H2,2-3H3. The summed E-state index contributed by atoms with van der Waals surface area (Å²) in [6, 6.07) is 3.96. The van der Waals surface area contributed by atoms with Gasteiger partial charge in [-0.1, -0.05) is 23.9 Å². The summed E-state index contributed by atoms with van der Waals surface area (Å²) in [5, 5.41) is 5.07. The third kappa shape index (κ3) is 3.92. The van der Waals surface area contributed by atoms with E-state index in [1.54, 1.807) is 35.8 Å². The summed E-state index contributed by atoms with van der Waals surface area (Å²) >= 11 is 4.24. The van der Waals surface area contributed by atoms with Gasteiger partial charge in [-0.3, -0.25) is 14.2 Å². The highest BCUT2D eigenvalue weighted by Gasteiger charge is 2.18. The Labute approximate surface area is 163 Å². The topological polar surface area (TPSA) is 61.2 Å². The molecule has 5 nitrogen and oxygen atoms in total. The van der Waals surface area contributed by atoms with Crippen LogP contribution in [0.3, 0.4) is 0 Å². The van der Waals surface area contributed by atoms with Crippen molar-refractivity contribution in [2.75, 3.05) is 5.75 Å². The third-order valence-electron chi connectivity index (χ3n) is 3.44. The number of aromatic nitrogens is 2. The van der Waals surface area contributed by atoms with Gasteiger partial charge >= 0.3 is 5.97 Å². The second kappa shape index (κ2) is 8.20. The van der Waals surface area contributed by atoms with E-state index in [1.807, 2.05) is 22.9 Å². The van der Waals surface area contributed by atoms with Crippen LogP contribution in [0.4, 0.5) is 0 Å². The number of carbonyl (C=O) groups excluding carboxylic acids is 1. The molecule has 0 radical (unpaired) electrons. The minimum absolute atomic E-state index is 0.108. The van der Waals surface area contributed by atoms with Gasteiger partial charge in [-0.05, 0) is 25.3 Å². The Morgan fingerprint density at radius 2 is 2.27 bits per heavy atom. The zero-order valence-corrected chi connectivity index (χ0v) is 16.9. The molecule has 0 saturated carbocycles. The SMILES string of the molecule is C=CCn1c(SCC(=O)OC(C)C)nc2scc(-c3cccs3)c2c1=O. The highest BCUT2D eigenvalue weighted by atomic mass is 32.2. The normalized spacial score (nSPS) is 11.2. The number of hydrogen-bond donors (Lipinski definition) is 0. The van der Waals surface area contributed by atoms with Crippen LogP contribution < -0.4 is 5.56 Å². The summed E-state index contributed by atoms with van der Waals surface area (Å²) in [7, 11) is 0. The number of allylic oxidation sites excluding steroid dienone is 1. The first kappa shape index (κ1) is 18.9. The quantitative estimate of drug-likeness (QED) is 0.252. The number of hydrogen-bond acceptors (Lipinski definition) is 7. The fraction of sp³-hybridized carbons (Fsp3) is 0.278. The zero-order valence-electron chi connectivity index (χ0n) is 14.4. The molecule has 3 aromatic heterocycles. The molecule has 0 unspecified atom stereocenters. The molecule has 3 heterocycles. The van der Waals surface area contributed by atoms with E-state index in [9.17, 15) is 9.59 Å². The van der Waals surface area contributed by atoms with Crippen molar-refractivity contribution in [2.45, 2.75) is 31.7 Å². The minimum Gasteiger partial charge on any atom is -0.462 e. The van der Waals surface area contributed by atoms with Crippen molar-refractivity contribution in [3.05, 3.63) is 45.9 Å². The van der Waals surface area contributed by atoms with E-state index in [4.69, 9.17) is 4.74 Å². The van der Waals surface area contributed by atoms with Gasteiger partial charge in [0.05, 0.1) is 17.2 Å². The number of thioether (sulfide) groups is 1. The van der Waals surface area contributed by atoms with Gasteiger partial charge in [-0.25, -0.2) is 4.98 Å². The second-order valence-corrected chi connectivity index (χ2v) is 8.48. The maximum absolute atomic E-state index is 13.1. The van der Waals surface area contributed by atoms with Crippen LogP contribution in [-0.4, -0.2) is 27.4 Å². The van der Waals surface area contributed by atoms with Crippen LogP contribution in [0.5, 0.6) is 0 Å². The largest absolute Gasteiger partial charge is 0.462 e. The molecule has 0 aliphatic heterocycles. The molecule has 0 N–H and O–H groups in total. The van der Waals surface area contributed by atoms with Gasteiger partial charge in [0.15, 0.2) is 5.16 Å². The molecule has 26 heavy (non-hydrogen) atoms. The van der Waals surface area contributed by atoms with Gasteiger partial charge in [0.25, 0.3) is 5.56 Å². The van der Waals surface area contributed by atoms with Crippen LogP contribution in [0, 0.1) is 0 Å². The molecule has 3 aromatic rings. The van der Waals surface area contributed by atoms with Gasteiger partial charge in [0, 0.05) is 22.4 Å². The second-order valence-electron chi connectivity index (χ2n) is 5.73. The van der Waals surface area contributed by atoms with Crippen molar-refractivity contribution in [3.8, 4) is 10.4 Å². The van der Waals surface area contributed by atoms with E-state index in [1.165, 1.54) is 23.1 Å². The van der Waals surface area contributed by atoms with E-state index in [0.29, 0.717) is 21.9 Å². The number of esters is 1. The summed E-state index contributed by atoms with van der Waals surface area (Å²) in [6.45, 7) is 7.67. The molecule has 0 bridgehead atoms. The number of ether oxygens (including phenoxy) is 1. The fourth-order valence-corrected chi connectivity index (χ4v) is 5.03. The molecule has 0 aliphatic rings. The molecule has 8 heteroatoms. The Morgan fingerprint density at radius 3 is 2.92 bits per heavy atom. The van der Waals surface area contributed by atoms with Crippen molar-refractivity contribution >= 4 is 50.6 Å². The van der Waals surface area contributed by atoms with Crippen molar-refractivity contribution < 1.29 is 9.53 Å². The highest BCUT2D eigenvalue weighted by Crippen LogP contribution is 2.34. The maximum Gasteiger partial charge on any atom is 0.316 e. The van der Waals surface area contributed by atoms with E-state index < -0.39 is 0 Å². The van der Waals surface area contributed by atoms with Gasteiger partial charge in [0.1, 0.15) is 4.83 Å². The van der Waals surface area contributed by atoms with E-state index in [0.717, 1.165) is 10.4 Å². The van der Waals surface area contributed by atoms with E-state index in [2.05, 4.69) is 11.6 Å². The number of carbonyl (C=O) groups is 1. The maximum atomic E-state index is 13.1. The lowest BCUT2D eigenvalue weighted by Gasteiger charge is -2.11. The van der Waals surface area contributed by atoms with E-state index in [-0.39, 0.29) is 23.4 Å². The first-order valence-electron chi connectivity index (χ1n) is 8.00. The predicted molar refractivity (Wildman–Crippen MR) is 109 cm³/mol. The first-order valence-corrected chi connectivity index (χ1v) is 10.7. The first-order chi connectivity index (χ1) is 12.5. The van der Waals surface area contributed by atoms with Crippen LogP contribution >= 0.6 is 34.4 Å². The van der Waals surface area contributed by atoms with E-state index >= 15 is 0 Å². The lowest BCUT2D eigenvalue weighted by molar-refractivity contribution is -0.144. The molecular weight excluding hydrogens is 388 g/mol. The van der Waals surface area contributed by atoms with Crippen molar-refractivity contribution in [1.82, 2.24) is 9.55 Å². The Hall–Kier alpha value is -1.90. The molecule has 0 saturated heterocycles. The monoisotopic (exact) mass is 406 g/mol. The summed E-state index contributed by atoms with van der Waals surface area (Å²) in [5.41, 5.74) is 0.797. The third-order valence-corrected chi connectivity index (χ3v) is 6.17.